The van der Waals surface area contributed by atoms with E-state index in [2.05, 4.69) is 30.7 Å². The lowest BCUT2D eigenvalue weighted by atomic mass is 10.3. The van der Waals surface area contributed by atoms with Gasteiger partial charge in [-0.05, 0) is 42.5 Å². The molecule has 1 amide bonds. The second kappa shape index (κ2) is 8.59. The van der Waals surface area contributed by atoms with E-state index in [1.54, 1.807) is 35.3 Å². The molecule has 2 heterocycles. The molecular weight excluding hydrogens is 382 g/mol. The molecule has 11 heteroatoms. The molecule has 0 bridgehead atoms. The van der Waals surface area contributed by atoms with E-state index in [1.165, 1.54) is 31.2 Å². The van der Waals surface area contributed by atoms with Crippen LogP contribution in [-0.4, -0.2) is 47.4 Å². The van der Waals surface area contributed by atoms with Gasteiger partial charge in [-0.15, -0.1) is 10.2 Å². The number of sulfonamides is 1. The maximum absolute atomic E-state index is 12.3. The Morgan fingerprint density at radius 1 is 1.07 bits per heavy atom. The fourth-order valence-electron chi connectivity index (χ4n) is 2.33. The molecule has 2 aromatic heterocycles. The molecular formula is C17H19N7O3S. The summed E-state index contributed by atoms with van der Waals surface area (Å²) in [6, 6.07) is 11.2. The lowest BCUT2D eigenvalue weighted by molar-refractivity contribution is -0.114. The Labute approximate surface area is 162 Å². The van der Waals surface area contributed by atoms with Gasteiger partial charge in [0.25, 0.3) is 0 Å². The van der Waals surface area contributed by atoms with Crippen LogP contribution in [0.3, 0.4) is 0 Å². The maximum Gasteiger partial charge on any atom is 0.240 e. The molecule has 0 aliphatic carbocycles. The van der Waals surface area contributed by atoms with Crippen LogP contribution in [0.1, 0.15) is 6.92 Å². The molecule has 3 N–H and O–H groups in total. The van der Waals surface area contributed by atoms with Crippen LogP contribution in [0.2, 0.25) is 0 Å². The summed E-state index contributed by atoms with van der Waals surface area (Å²) in [5.41, 5.74) is 0.533. The predicted octanol–water partition coefficient (Wildman–Crippen LogP) is 1.01. The molecule has 10 nitrogen and oxygen atoms in total. The zero-order valence-corrected chi connectivity index (χ0v) is 15.8. The maximum atomic E-state index is 12.3. The van der Waals surface area contributed by atoms with Gasteiger partial charge in [-0.25, -0.2) is 17.8 Å². The van der Waals surface area contributed by atoms with E-state index in [-0.39, 0.29) is 17.3 Å². The molecule has 0 saturated carbocycles. The number of hydrogen-bond acceptors (Lipinski definition) is 7. The Bertz CT molecular complexity index is 1020. The van der Waals surface area contributed by atoms with Gasteiger partial charge in [-0.1, -0.05) is 0 Å². The van der Waals surface area contributed by atoms with Crippen LogP contribution in [0.25, 0.3) is 5.82 Å². The highest BCUT2D eigenvalue weighted by Gasteiger charge is 2.13. The Kier molecular flexibility index (Phi) is 5.96. The van der Waals surface area contributed by atoms with Crippen LogP contribution in [0.4, 0.5) is 11.5 Å². The van der Waals surface area contributed by atoms with Crippen molar-refractivity contribution in [1.82, 2.24) is 24.7 Å². The van der Waals surface area contributed by atoms with Crippen molar-refractivity contribution in [3.63, 3.8) is 0 Å². The number of nitrogens with one attached hydrogen (secondary N) is 3. The van der Waals surface area contributed by atoms with Gasteiger partial charge in [-0.3, -0.25) is 4.79 Å². The van der Waals surface area contributed by atoms with Gasteiger partial charge >= 0.3 is 0 Å². The Balaban J connectivity index is 1.49. The topological polar surface area (TPSA) is 131 Å². The third-order valence-electron chi connectivity index (χ3n) is 3.60. The molecule has 3 aromatic rings. The summed E-state index contributed by atoms with van der Waals surface area (Å²) in [5, 5.41) is 17.7. The summed E-state index contributed by atoms with van der Waals surface area (Å²) < 4.78 is 28.7. The Morgan fingerprint density at radius 2 is 1.86 bits per heavy atom. The SMILES string of the molecule is CC(=O)Nc1ccc(S(=O)(=O)NCCNc2ccc(-n3cccn3)nn2)cc1. The largest absolute Gasteiger partial charge is 0.367 e. The highest BCUT2D eigenvalue weighted by Crippen LogP contribution is 2.13. The summed E-state index contributed by atoms with van der Waals surface area (Å²) in [6.07, 6.45) is 3.40. The average Bonchev–Trinajstić information content (AvgIpc) is 3.20. The molecule has 0 saturated heterocycles. The van der Waals surface area contributed by atoms with Gasteiger partial charge in [0.05, 0.1) is 4.90 Å². The Hall–Kier alpha value is -3.31. The number of benzene rings is 1. The van der Waals surface area contributed by atoms with Gasteiger partial charge in [0, 0.05) is 38.1 Å². The summed E-state index contributed by atoms with van der Waals surface area (Å²) in [6.45, 7) is 1.88. The number of nitrogens with zero attached hydrogens (tertiary/aromatic N) is 4. The van der Waals surface area contributed by atoms with E-state index in [0.717, 1.165) is 0 Å². The summed E-state index contributed by atoms with van der Waals surface area (Å²) in [4.78, 5) is 11.1. The first kappa shape index (κ1) is 19.5. The van der Waals surface area contributed by atoms with Crippen LogP contribution in [0, 0.1) is 0 Å². The first-order chi connectivity index (χ1) is 13.4. The number of carbonyl (C=O) groups is 1. The Morgan fingerprint density at radius 3 is 2.46 bits per heavy atom. The van der Waals surface area contributed by atoms with Crippen molar-refractivity contribution in [2.75, 3.05) is 23.7 Å². The van der Waals surface area contributed by atoms with Crippen molar-refractivity contribution in [1.29, 1.82) is 0 Å². The number of carbonyl (C=O) groups excluding carboxylic acids is 1. The van der Waals surface area contributed by atoms with E-state index in [1.807, 2.05) is 0 Å². The lowest BCUT2D eigenvalue weighted by Gasteiger charge is -2.09. The third-order valence-corrected chi connectivity index (χ3v) is 5.07. The van der Waals surface area contributed by atoms with Crippen molar-refractivity contribution in [2.45, 2.75) is 11.8 Å². The lowest BCUT2D eigenvalue weighted by Crippen LogP contribution is -2.29. The molecule has 0 aliphatic heterocycles. The van der Waals surface area contributed by atoms with E-state index in [4.69, 9.17) is 0 Å². The molecule has 0 fully saturated rings. The van der Waals surface area contributed by atoms with E-state index < -0.39 is 10.0 Å². The molecule has 0 spiro atoms. The van der Waals surface area contributed by atoms with Crippen LogP contribution in [0.5, 0.6) is 0 Å². The normalized spacial score (nSPS) is 11.2. The molecule has 28 heavy (non-hydrogen) atoms. The minimum atomic E-state index is -3.65. The third kappa shape index (κ3) is 5.11. The second-order valence-electron chi connectivity index (χ2n) is 5.76. The highest BCUT2D eigenvalue weighted by atomic mass is 32.2. The first-order valence-electron chi connectivity index (χ1n) is 8.39. The monoisotopic (exact) mass is 401 g/mol. The molecule has 146 valence electrons. The number of rotatable bonds is 8. The molecule has 0 radical (unpaired) electrons. The van der Waals surface area contributed by atoms with Crippen molar-refractivity contribution < 1.29 is 13.2 Å². The van der Waals surface area contributed by atoms with Crippen LogP contribution in [0.15, 0.2) is 59.8 Å². The summed E-state index contributed by atoms with van der Waals surface area (Å²) in [7, 11) is -3.65. The number of anilines is 2. The van der Waals surface area contributed by atoms with Crippen molar-refractivity contribution in [3.05, 3.63) is 54.9 Å². The zero-order chi connectivity index (χ0) is 20.0. The molecule has 3 rings (SSSR count). The summed E-state index contributed by atoms with van der Waals surface area (Å²) >= 11 is 0. The number of amides is 1. The zero-order valence-electron chi connectivity index (χ0n) is 15.0. The minimum Gasteiger partial charge on any atom is -0.367 e. The van der Waals surface area contributed by atoms with Gasteiger partial charge in [0.1, 0.15) is 5.82 Å². The van der Waals surface area contributed by atoms with Gasteiger partial charge in [-0.2, -0.15) is 5.10 Å². The van der Waals surface area contributed by atoms with E-state index in [9.17, 15) is 13.2 Å². The average molecular weight is 401 g/mol. The summed E-state index contributed by atoms with van der Waals surface area (Å²) in [5.74, 6) is 0.884. The van der Waals surface area contributed by atoms with Gasteiger partial charge in [0.15, 0.2) is 5.82 Å². The molecule has 0 aliphatic rings. The second-order valence-corrected chi connectivity index (χ2v) is 7.52. The van der Waals surface area contributed by atoms with Crippen LogP contribution >= 0.6 is 0 Å². The van der Waals surface area contributed by atoms with Crippen LogP contribution < -0.4 is 15.4 Å². The first-order valence-corrected chi connectivity index (χ1v) is 9.87. The quantitative estimate of drug-likeness (QED) is 0.480. The van der Waals surface area contributed by atoms with Gasteiger partial charge in [0.2, 0.25) is 15.9 Å². The van der Waals surface area contributed by atoms with Crippen LogP contribution in [-0.2, 0) is 14.8 Å². The fourth-order valence-corrected chi connectivity index (χ4v) is 3.36. The number of aromatic nitrogens is 4. The minimum absolute atomic E-state index is 0.116. The van der Waals surface area contributed by atoms with Gasteiger partial charge < -0.3 is 10.6 Å². The molecule has 0 atom stereocenters. The molecule has 1 aromatic carbocycles. The van der Waals surface area contributed by atoms with E-state index in [0.29, 0.717) is 23.9 Å². The number of hydrogen-bond donors (Lipinski definition) is 3. The van der Waals surface area contributed by atoms with Crippen molar-refractivity contribution >= 4 is 27.4 Å². The fraction of sp³-hybridized carbons (Fsp3) is 0.176. The smallest absolute Gasteiger partial charge is 0.240 e. The predicted molar refractivity (Wildman–Crippen MR) is 104 cm³/mol. The highest BCUT2D eigenvalue weighted by molar-refractivity contribution is 7.89. The molecule has 0 unspecified atom stereocenters. The van der Waals surface area contributed by atoms with Crippen molar-refractivity contribution in [2.24, 2.45) is 0 Å². The van der Waals surface area contributed by atoms with E-state index >= 15 is 0 Å². The standard InChI is InChI=1S/C17H19N7O3S/c1-13(25)21-14-3-5-15(6-4-14)28(26,27)20-11-10-18-16-7-8-17(23-22-16)24-12-2-9-19-24/h2-9,12,20H,10-11H2,1H3,(H,18,22)(H,21,25). The van der Waals surface area contributed by atoms with Crippen molar-refractivity contribution in [3.8, 4) is 5.82 Å².